The highest BCUT2D eigenvalue weighted by atomic mass is 19.1. The average Bonchev–Trinajstić information content (AvgIpc) is 2.97. The molecule has 0 radical (unpaired) electrons. The normalized spacial score (nSPS) is 12.3. The van der Waals surface area contributed by atoms with E-state index in [2.05, 4.69) is 20.2 Å². The maximum atomic E-state index is 12.9. The summed E-state index contributed by atoms with van der Waals surface area (Å²) in [6.45, 7) is 0.654. The SMILES string of the molecule is NC(CCCCOB(O)O)c1nnnn1Cc1ccc(F)cc1. The molecule has 0 spiro atoms. The van der Waals surface area contributed by atoms with Crippen molar-refractivity contribution >= 4 is 7.32 Å². The van der Waals surface area contributed by atoms with Crippen LogP contribution in [-0.4, -0.2) is 44.2 Å². The molecule has 1 heterocycles. The molecule has 124 valence electrons. The van der Waals surface area contributed by atoms with E-state index in [0.717, 1.165) is 12.0 Å². The first-order chi connectivity index (χ1) is 11.1. The summed E-state index contributed by atoms with van der Waals surface area (Å²) >= 11 is 0. The van der Waals surface area contributed by atoms with Gasteiger partial charge in [0, 0.05) is 6.61 Å². The lowest BCUT2D eigenvalue weighted by atomic mass is 10.1. The molecule has 0 aliphatic carbocycles. The van der Waals surface area contributed by atoms with Gasteiger partial charge >= 0.3 is 7.32 Å². The molecule has 1 aromatic heterocycles. The molecule has 0 fully saturated rings. The van der Waals surface area contributed by atoms with Crippen LogP contribution in [0, 0.1) is 5.82 Å². The number of hydrogen-bond acceptors (Lipinski definition) is 7. The molecular formula is C13H19BFN5O3. The van der Waals surface area contributed by atoms with E-state index in [-0.39, 0.29) is 18.5 Å². The van der Waals surface area contributed by atoms with Crippen molar-refractivity contribution in [3.05, 3.63) is 41.5 Å². The second kappa shape index (κ2) is 8.68. The van der Waals surface area contributed by atoms with Crippen molar-refractivity contribution < 1.29 is 19.1 Å². The largest absolute Gasteiger partial charge is 0.633 e. The number of rotatable bonds is 9. The summed E-state index contributed by atoms with van der Waals surface area (Å²) in [6, 6.07) is 5.77. The number of nitrogens with zero attached hydrogens (tertiary/aromatic N) is 4. The van der Waals surface area contributed by atoms with Gasteiger partial charge in [-0.3, -0.25) is 0 Å². The Morgan fingerprint density at radius 2 is 2.00 bits per heavy atom. The van der Waals surface area contributed by atoms with Crippen LogP contribution in [0.15, 0.2) is 24.3 Å². The fourth-order valence-electron chi connectivity index (χ4n) is 2.14. The van der Waals surface area contributed by atoms with Crippen molar-refractivity contribution in [2.45, 2.75) is 31.8 Å². The van der Waals surface area contributed by atoms with Gasteiger partial charge in [-0.05, 0) is 47.4 Å². The number of unbranched alkanes of at least 4 members (excludes halogenated alkanes) is 1. The van der Waals surface area contributed by atoms with Gasteiger partial charge < -0.3 is 20.4 Å². The smallest absolute Gasteiger partial charge is 0.402 e. The van der Waals surface area contributed by atoms with E-state index in [0.29, 0.717) is 25.2 Å². The molecule has 23 heavy (non-hydrogen) atoms. The molecule has 2 rings (SSSR count). The fourth-order valence-corrected chi connectivity index (χ4v) is 2.14. The standard InChI is InChI=1S/C13H19BFN5O3/c15-11-6-4-10(5-7-11)9-20-13(17-18-19-20)12(16)3-1-2-8-23-14(21)22/h4-7,12,21-22H,1-3,8-9,16H2. The zero-order valence-corrected chi connectivity index (χ0v) is 12.5. The molecule has 8 nitrogen and oxygen atoms in total. The van der Waals surface area contributed by atoms with Crippen LogP contribution in [0.4, 0.5) is 4.39 Å². The quantitative estimate of drug-likeness (QED) is 0.439. The second-order valence-corrected chi connectivity index (χ2v) is 5.12. The predicted octanol–water partition coefficient (Wildman–Crippen LogP) is 0.0167. The van der Waals surface area contributed by atoms with Gasteiger partial charge in [0.05, 0.1) is 12.6 Å². The first-order valence-corrected chi connectivity index (χ1v) is 7.30. The average molecular weight is 323 g/mol. The molecule has 1 aromatic carbocycles. The lowest BCUT2D eigenvalue weighted by Crippen LogP contribution is -2.19. The van der Waals surface area contributed by atoms with E-state index in [9.17, 15) is 4.39 Å². The van der Waals surface area contributed by atoms with Gasteiger partial charge in [0.1, 0.15) is 5.82 Å². The van der Waals surface area contributed by atoms with Crippen molar-refractivity contribution in [2.24, 2.45) is 5.73 Å². The van der Waals surface area contributed by atoms with Gasteiger partial charge in [-0.1, -0.05) is 12.1 Å². The van der Waals surface area contributed by atoms with Crippen LogP contribution < -0.4 is 5.73 Å². The van der Waals surface area contributed by atoms with E-state index in [1.165, 1.54) is 12.1 Å². The van der Waals surface area contributed by atoms with Gasteiger partial charge in [-0.25, -0.2) is 9.07 Å². The number of aromatic nitrogens is 4. The number of halogens is 1. The summed E-state index contributed by atoms with van der Waals surface area (Å²) in [5.74, 6) is 0.259. The maximum absolute atomic E-state index is 12.9. The Hall–Kier alpha value is -1.88. The highest BCUT2D eigenvalue weighted by molar-refractivity contribution is 6.32. The Morgan fingerprint density at radius 1 is 1.26 bits per heavy atom. The van der Waals surface area contributed by atoms with E-state index in [4.69, 9.17) is 15.8 Å². The molecule has 10 heteroatoms. The summed E-state index contributed by atoms with van der Waals surface area (Å²) in [5, 5.41) is 28.6. The lowest BCUT2D eigenvalue weighted by Gasteiger charge is -2.12. The van der Waals surface area contributed by atoms with E-state index in [1.54, 1.807) is 16.8 Å². The van der Waals surface area contributed by atoms with Crippen molar-refractivity contribution in [2.75, 3.05) is 6.61 Å². The minimum atomic E-state index is -1.74. The molecule has 0 aliphatic heterocycles. The Kier molecular flexibility index (Phi) is 6.59. The third-order valence-electron chi connectivity index (χ3n) is 3.31. The molecule has 0 aliphatic rings. The van der Waals surface area contributed by atoms with E-state index >= 15 is 0 Å². The number of nitrogens with two attached hydrogens (primary N) is 1. The van der Waals surface area contributed by atoms with E-state index < -0.39 is 7.32 Å². The van der Waals surface area contributed by atoms with E-state index in [1.807, 2.05) is 0 Å². The van der Waals surface area contributed by atoms with Crippen LogP contribution in [0.3, 0.4) is 0 Å². The van der Waals surface area contributed by atoms with Gasteiger partial charge in [-0.2, -0.15) is 0 Å². The predicted molar refractivity (Wildman–Crippen MR) is 80.2 cm³/mol. The molecule has 4 N–H and O–H groups in total. The first kappa shape index (κ1) is 17.5. The monoisotopic (exact) mass is 323 g/mol. The third kappa shape index (κ3) is 5.68. The Bertz CT molecular complexity index is 596. The maximum Gasteiger partial charge on any atom is 0.633 e. The zero-order chi connectivity index (χ0) is 16.7. The van der Waals surface area contributed by atoms with Crippen molar-refractivity contribution in [1.82, 2.24) is 20.2 Å². The Morgan fingerprint density at radius 3 is 2.70 bits per heavy atom. The lowest BCUT2D eigenvalue weighted by molar-refractivity contribution is 0.181. The minimum absolute atomic E-state index is 0.241. The first-order valence-electron chi connectivity index (χ1n) is 7.30. The van der Waals surface area contributed by atoms with Gasteiger partial charge in [0.2, 0.25) is 0 Å². The van der Waals surface area contributed by atoms with Crippen LogP contribution in [0.5, 0.6) is 0 Å². The summed E-state index contributed by atoms with van der Waals surface area (Å²) in [5.41, 5.74) is 6.97. The van der Waals surface area contributed by atoms with Crippen LogP contribution in [-0.2, 0) is 11.2 Å². The zero-order valence-electron chi connectivity index (χ0n) is 12.5. The fraction of sp³-hybridized carbons (Fsp3) is 0.462. The van der Waals surface area contributed by atoms with Gasteiger partial charge in [-0.15, -0.1) is 5.10 Å². The molecule has 0 saturated heterocycles. The van der Waals surface area contributed by atoms with Crippen molar-refractivity contribution in [1.29, 1.82) is 0 Å². The second-order valence-electron chi connectivity index (χ2n) is 5.12. The van der Waals surface area contributed by atoms with Crippen LogP contribution in [0.2, 0.25) is 0 Å². The van der Waals surface area contributed by atoms with Crippen molar-refractivity contribution in [3.8, 4) is 0 Å². The topological polar surface area (TPSA) is 119 Å². The van der Waals surface area contributed by atoms with Crippen LogP contribution in [0.1, 0.15) is 36.7 Å². The van der Waals surface area contributed by atoms with Crippen molar-refractivity contribution in [3.63, 3.8) is 0 Å². The Labute approximate surface area is 133 Å². The molecule has 1 unspecified atom stereocenters. The molecule has 0 bridgehead atoms. The highest BCUT2D eigenvalue weighted by Crippen LogP contribution is 2.15. The third-order valence-corrected chi connectivity index (χ3v) is 3.31. The Balaban J connectivity index is 1.85. The molecular weight excluding hydrogens is 304 g/mol. The summed E-state index contributed by atoms with van der Waals surface area (Å²) in [4.78, 5) is 0. The number of hydrogen-bond donors (Lipinski definition) is 3. The summed E-state index contributed by atoms with van der Waals surface area (Å²) in [6.07, 6.45) is 2.01. The molecule has 0 amide bonds. The molecule has 0 saturated carbocycles. The number of benzene rings is 1. The molecule has 2 aromatic rings. The van der Waals surface area contributed by atoms with Gasteiger partial charge in [0.15, 0.2) is 5.82 Å². The molecule has 1 atom stereocenters. The minimum Gasteiger partial charge on any atom is -0.402 e. The van der Waals surface area contributed by atoms with Crippen LogP contribution >= 0.6 is 0 Å². The summed E-state index contributed by atoms with van der Waals surface area (Å²) in [7, 11) is -1.74. The number of tetrazole rings is 1. The van der Waals surface area contributed by atoms with Crippen LogP contribution in [0.25, 0.3) is 0 Å². The van der Waals surface area contributed by atoms with Gasteiger partial charge in [0.25, 0.3) is 0 Å². The highest BCUT2D eigenvalue weighted by Gasteiger charge is 2.15. The summed E-state index contributed by atoms with van der Waals surface area (Å²) < 4.78 is 19.1.